The number of hydrogen-bond donors (Lipinski definition) is 2. The summed E-state index contributed by atoms with van der Waals surface area (Å²) in [5, 5.41) is 18.5. The molecule has 0 fully saturated rings. The van der Waals surface area contributed by atoms with Crippen LogP contribution in [0.15, 0.2) is 36.5 Å². The molecule has 0 spiro atoms. The first kappa shape index (κ1) is 20.4. The average molecular weight is 334 g/mol. The summed E-state index contributed by atoms with van der Waals surface area (Å²) in [6.07, 6.45) is 17.0. The molecule has 1 aliphatic rings. The lowest BCUT2D eigenvalue weighted by atomic mass is 9.90. The van der Waals surface area contributed by atoms with Crippen LogP contribution in [-0.4, -0.2) is 28.1 Å². The molecule has 1 unspecified atom stereocenters. The van der Waals surface area contributed by atoms with Crippen molar-refractivity contribution in [2.45, 2.75) is 64.4 Å². The van der Waals surface area contributed by atoms with Crippen LogP contribution in [0.25, 0.3) is 0 Å². The summed E-state index contributed by atoms with van der Waals surface area (Å²) in [6.45, 7) is 2.13. The molecule has 1 rings (SSSR count). The Morgan fingerprint density at radius 3 is 2.79 bits per heavy atom. The largest absolute Gasteiger partial charge is 0.481 e. The highest BCUT2D eigenvalue weighted by molar-refractivity contribution is 5.95. The van der Waals surface area contributed by atoms with Crippen LogP contribution in [0.3, 0.4) is 0 Å². The fourth-order valence-electron chi connectivity index (χ4n) is 2.81. The predicted octanol–water partition coefficient (Wildman–Crippen LogP) is 4.06. The zero-order valence-corrected chi connectivity index (χ0v) is 14.6. The fraction of sp³-hybridized carbons (Fsp3) is 0.600. The molecular weight excluding hydrogens is 304 g/mol. The van der Waals surface area contributed by atoms with Crippen molar-refractivity contribution in [2.75, 3.05) is 0 Å². The molecule has 0 aromatic carbocycles. The molecule has 0 bridgehead atoms. The lowest BCUT2D eigenvalue weighted by Gasteiger charge is -2.13. The molecule has 1 aliphatic carbocycles. The number of hydrogen-bond acceptors (Lipinski definition) is 3. The maximum atomic E-state index is 12.0. The van der Waals surface area contributed by atoms with E-state index >= 15 is 0 Å². The summed E-state index contributed by atoms with van der Waals surface area (Å²) in [5.41, 5.74) is 0. The standard InChI is InChI=1S/C20H30O4/c1-2-3-6-10-17(21)13-14-18-16(12-15-19(18)22)9-7-4-5-8-11-20(23)24/h4,7,12-18,21H,2-3,5-6,8-11H2,1H3,(H,23,24)/b7-4-,14-13+/t16?,17-,18+/m0/s1. The van der Waals surface area contributed by atoms with E-state index in [0.717, 1.165) is 38.5 Å². The van der Waals surface area contributed by atoms with E-state index in [4.69, 9.17) is 5.11 Å². The SMILES string of the molecule is CCCCC[C@H](O)/C=C/[C@H]1C(=O)C=CC1C/C=C\CCCC(=O)O. The van der Waals surface area contributed by atoms with Crippen LogP contribution in [0.2, 0.25) is 0 Å². The molecule has 0 amide bonds. The van der Waals surface area contributed by atoms with Crippen molar-refractivity contribution in [3.63, 3.8) is 0 Å². The summed E-state index contributed by atoms with van der Waals surface area (Å²) in [4.78, 5) is 22.4. The molecule has 0 saturated heterocycles. The second-order valence-corrected chi connectivity index (χ2v) is 6.39. The van der Waals surface area contributed by atoms with Gasteiger partial charge in [0.1, 0.15) is 0 Å². The highest BCUT2D eigenvalue weighted by Crippen LogP contribution is 2.27. The van der Waals surface area contributed by atoms with E-state index in [9.17, 15) is 14.7 Å². The molecule has 4 heteroatoms. The number of aliphatic hydroxyl groups is 1. The van der Waals surface area contributed by atoms with Gasteiger partial charge in [0, 0.05) is 12.3 Å². The van der Waals surface area contributed by atoms with Crippen molar-refractivity contribution in [1.82, 2.24) is 0 Å². The zero-order chi connectivity index (χ0) is 17.8. The quantitative estimate of drug-likeness (QED) is 0.417. The third-order valence-electron chi connectivity index (χ3n) is 4.28. The van der Waals surface area contributed by atoms with Crippen LogP contribution in [0.4, 0.5) is 0 Å². The Labute approximate surface area is 145 Å². The van der Waals surface area contributed by atoms with Gasteiger partial charge in [0.05, 0.1) is 6.10 Å². The van der Waals surface area contributed by atoms with Crippen LogP contribution in [-0.2, 0) is 9.59 Å². The van der Waals surface area contributed by atoms with Gasteiger partial charge in [-0.1, -0.05) is 56.6 Å². The molecule has 0 radical (unpaired) electrons. The Bertz CT molecular complexity index is 476. The van der Waals surface area contributed by atoms with Crippen molar-refractivity contribution in [2.24, 2.45) is 11.8 Å². The Balaban J connectivity index is 2.38. The zero-order valence-electron chi connectivity index (χ0n) is 14.6. The molecule has 0 heterocycles. The van der Waals surface area contributed by atoms with Gasteiger partial charge in [-0.15, -0.1) is 0 Å². The molecular formula is C20H30O4. The third-order valence-corrected chi connectivity index (χ3v) is 4.28. The van der Waals surface area contributed by atoms with E-state index < -0.39 is 12.1 Å². The first-order chi connectivity index (χ1) is 11.5. The van der Waals surface area contributed by atoms with E-state index in [-0.39, 0.29) is 24.0 Å². The molecule has 24 heavy (non-hydrogen) atoms. The fourth-order valence-corrected chi connectivity index (χ4v) is 2.81. The number of carboxylic acids is 1. The van der Waals surface area contributed by atoms with Crippen LogP contribution >= 0.6 is 0 Å². The lowest BCUT2D eigenvalue weighted by molar-refractivity contribution is -0.137. The van der Waals surface area contributed by atoms with E-state index in [1.54, 1.807) is 12.2 Å². The van der Waals surface area contributed by atoms with E-state index in [1.165, 1.54) is 0 Å². The third kappa shape index (κ3) is 8.25. The number of carbonyl (C=O) groups excluding carboxylic acids is 1. The van der Waals surface area contributed by atoms with Crippen LogP contribution < -0.4 is 0 Å². The minimum absolute atomic E-state index is 0.0938. The lowest BCUT2D eigenvalue weighted by Crippen LogP contribution is -2.14. The number of aliphatic hydroxyl groups excluding tert-OH is 1. The minimum Gasteiger partial charge on any atom is -0.481 e. The first-order valence-corrected chi connectivity index (χ1v) is 8.99. The second kappa shape index (κ2) is 11.8. The highest BCUT2D eigenvalue weighted by atomic mass is 16.4. The normalized spacial score (nSPS) is 22.0. The van der Waals surface area contributed by atoms with Crippen LogP contribution in [0, 0.1) is 11.8 Å². The average Bonchev–Trinajstić information content (AvgIpc) is 2.89. The van der Waals surface area contributed by atoms with E-state index in [0.29, 0.717) is 6.42 Å². The molecule has 4 nitrogen and oxygen atoms in total. The van der Waals surface area contributed by atoms with Gasteiger partial charge in [-0.2, -0.15) is 0 Å². The Hall–Kier alpha value is -1.68. The summed E-state index contributed by atoms with van der Waals surface area (Å²) >= 11 is 0. The summed E-state index contributed by atoms with van der Waals surface area (Å²) in [5.74, 6) is -0.728. The van der Waals surface area contributed by atoms with Crippen LogP contribution in [0.1, 0.15) is 58.3 Å². The number of aliphatic carboxylic acids is 1. The van der Waals surface area contributed by atoms with Gasteiger partial charge < -0.3 is 10.2 Å². The van der Waals surface area contributed by atoms with Crippen molar-refractivity contribution in [1.29, 1.82) is 0 Å². The molecule has 0 saturated carbocycles. The predicted molar refractivity (Wildman–Crippen MR) is 95.7 cm³/mol. The molecule has 2 N–H and O–H groups in total. The van der Waals surface area contributed by atoms with E-state index in [1.807, 2.05) is 24.3 Å². The van der Waals surface area contributed by atoms with Gasteiger partial charge in [-0.25, -0.2) is 0 Å². The number of carboxylic acid groups (broad SMARTS) is 1. The monoisotopic (exact) mass is 334 g/mol. The maximum absolute atomic E-state index is 12.0. The summed E-state index contributed by atoms with van der Waals surface area (Å²) in [7, 11) is 0. The Morgan fingerprint density at radius 2 is 2.08 bits per heavy atom. The number of ketones is 1. The minimum atomic E-state index is -0.768. The molecule has 0 aromatic heterocycles. The van der Waals surface area contributed by atoms with Gasteiger partial charge in [-0.3, -0.25) is 9.59 Å². The van der Waals surface area contributed by atoms with Crippen LogP contribution in [0.5, 0.6) is 0 Å². The number of allylic oxidation sites excluding steroid dienone is 5. The molecule has 0 aliphatic heterocycles. The van der Waals surface area contributed by atoms with Crippen molar-refractivity contribution in [3.8, 4) is 0 Å². The Morgan fingerprint density at radius 1 is 1.29 bits per heavy atom. The highest BCUT2D eigenvalue weighted by Gasteiger charge is 2.26. The van der Waals surface area contributed by atoms with Gasteiger partial charge in [0.25, 0.3) is 0 Å². The topological polar surface area (TPSA) is 74.6 Å². The first-order valence-electron chi connectivity index (χ1n) is 8.99. The summed E-state index contributed by atoms with van der Waals surface area (Å²) < 4.78 is 0. The van der Waals surface area contributed by atoms with Crippen molar-refractivity contribution in [3.05, 3.63) is 36.5 Å². The van der Waals surface area contributed by atoms with Gasteiger partial charge in [0.15, 0.2) is 5.78 Å². The molecule has 3 atom stereocenters. The van der Waals surface area contributed by atoms with Gasteiger partial charge in [-0.05, 0) is 37.7 Å². The Kier molecular flexibility index (Phi) is 10.0. The van der Waals surface area contributed by atoms with Gasteiger partial charge >= 0.3 is 5.97 Å². The number of rotatable bonds is 12. The van der Waals surface area contributed by atoms with Crippen molar-refractivity contribution >= 4 is 11.8 Å². The second-order valence-electron chi connectivity index (χ2n) is 6.39. The molecule has 134 valence electrons. The molecule has 0 aromatic rings. The maximum Gasteiger partial charge on any atom is 0.303 e. The van der Waals surface area contributed by atoms with Crippen molar-refractivity contribution < 1.29 is 19.8 Å². The summed E-state index contributed by atoms with van der Waals surface area (Å²) in [6, 6.07) is 0. The number of carbonyl (C=O) groups is 2. The van der Waals surface area contributed by atoms with Gasteiger partial charge in [0.2, 0.25) is 0 Å². The number of unbranched alkanes of at least 4 members (excludes halogenated alkanes) is 3. The smallest absolute Gasteiger partial charge is 0.303 e. The van der Waals surface area contributed by atoms with E-state index in [2.05, 4.69) is 6.92 Å².